The van der Waals surface area contributed by atoms with Crippen molar-refractivity contribution in [3.05, 3.63) is 73.3 Å². The van der Waals surface area contributed by atoms with E-state index < -0.39 is 17.2 Å². The van der Waals surface area contributed by atoms with Crippen molar-refractivity contribution in [2.24, 2.45) is 5.10 Å². The number of nitrogens with one attached hydrogen (secondary N) is 1. The molecule has 3 rings (SSSR count). The zero-order chi connectivity index (χ0) is 18.0. The van der Waals surface area contributed by atoms with Crippen LogP contribution in [0.5, 0.6) is 5.75 Å². The highest BCUT2D eigenvalue weighted by atomic mass is 79.9. The van der Waals surface area contributed by atoms with Gasteiger partial charge in [-0.15, -0.1) is 4.68 Å². The molecule has 7 nitrogen and oxygen atoms in total. The molecule has 126 valence electrons. The number of carbonyl (C=O) groups is 1. The van der Waals surface area contributed by atoms with Crippen molar-refractivity contribution in [1.82, 2.24) is 9.66 Å². The molecule has 0 amide bonds. The first kappa shape index (κ1) is 16.8. The van der Waals surface area contributed by atoms with Crippen molar-refractivity contribution in [2.45, 2.75) is 6.92 Å². The highest BCUT2D eigenvalue weighted by Gasteiger charge is 2.08. The van der Waals surface area contributed by atoms with Crippen LogP contribution in [0.4, 0.5) is 0 Å². The molecule has 0 saturated carbocycles. The van der Waals surface area contributed by atoms with E-state index in [4.69, 9.17) is 4.74 Å². The van der Waals surface area contributed by atoms with Crippen LogP contribution in [0.2, 0.25) is 0 Å². The topological polar surface area (TPSA) is 93.5 Å². The van der Waals surface area contributed by atoms with Crippen LogP contribution in [0.25, 0.3) is 10.9 Å². The van der Waals surface area contributed by atoms with Crippen LogP contribution in [0, 0.1) is 0 Å². The summed E-state index contributed by atoms with van der Waals surface area (Å²) < 4.78 is 6.54. The van der Waals surface area contributed by atoms with Crippen molar-refractivity contribution in [3.63, 3.8) is 0 Å². The molecule has 1 aromatic heterocycles. The molecular weight excluding hydrogens is 390 g/mol. The summed E-state index contributed by atoms with van der Waals surface area (Å²) in [5.74, 6) is -0.220. The summed E-state index contributed by atoms with van der Waals surface area (Å²) in [7, 11) is 0. The molecule has 0 aliphatic carbocycles. The second-order valence-electron chi connectivity index (χ2n) is 5.11. The minimum atomic E-state index is -0.663. The van der Waals surface area contributed by atoms with Gasteiger partial charge in [0.15, 0.2) is 0 Å². The number of hydrogen-bond acceptors (Lipinski definition) is 5. The molecule has 0 aliphatic heterocycles. The van der Waals surface area contributed by atoms with E-state index in [2.05, 4.69) is 26.0 Å². The normalized spacial score (nSPS) is 11.1. The number of hydrogen-bond donors (Lipinski definition) is 1. The Hall–Kier alpha value is -3.00. The fourth-order valence-corrected chi connectivity index (χ4v) is 2.62. The van der Waals surface area contributed by atoms with Gasteiger partial charge in [0, 0.05) is 17.0 Å². The van der Waals surface area contributed by atoms with Gasteiger partial charge in [0.25, 0.3) is 5.56 Å². The number of para-hydroxylation sites is 1. The standard InChI is InChI=1S/C17H12BrN3O4/c1-10(22)25-15-7-6-12(18)8-11(15)9-19-21-16(23)13-4-2-3-5-14(13)20-17(21)24/h2-9H,1H3,(H,20,24). The Bertz CT molecular complexity index is 1110. The number of nitrogens with zero attached hydrogens (tertiary/aromatic N) is 2. The van der Waals surface area contributed by atoms with Gasteiger partial charge in [-0.1, -0.05) is 28.1 Å². The molecule has 2 aromatic carbocycles. The molecule has 25 heavy (non-hydrogen) atoms. The predicted octanol–water partition coefficient (Wildman–Crippen LogP) is 2.26. The van der Waals surface area contributed by atoms with Gasteiger partial charge in [-0.2, -0.15) is 5.10 Å². The Labute approximate surface area is 149 Å². The van der Waals surface area contributed by atoms with Crippen molar-refractivity contribution in [1.29, 1.82) is 0 Å². The largest absolute Gasteiger partial charge is 0.426 e. The number of ether oxygens (including phenoxy) is 1. The van der Waals surface area contributed by atoms with Crippen LogP contribution in [0.3, 0.4) is 0 Å². The van der Waals surface area contributed by atoms with E-state index in [-0.39, 0.29) is 5.75 Å². The fourth-order valence-electron chi connectivity index (χ4n) is 2.25. The number of fused-ring (bicyclic) bond motifs is 1. The van der Waals surface area contributed by atoms with E-state index in [1.165, 1.54) is 13.1 Å². The third-order valence-electron chi connectivity index (χ3n) is 3.32. The molecular formula is C17H12BrN3O4. The lowest BCUT2D eigenvalue weighted by Crippen LogP contribution is -2.32. The molecule has 8 heteroatoms. The third-order valence-corrected chi connectivity index (χ3v) is 3.81. The summed E-state index contributed by atoms with van der Waals surface area (Å²) in [5.41, 5.74) is -0.334. The lowest BCUT2D eigenvalue weighted by atomic mass is 10.2. The molecule has 0 radical (unpaired) electrons. The molecule has 0 fully saturated rings. The molecule has 0 unspecified atom stereocenters. The van der Waals surface area contributed by atoms with Crippen LogP contribution < -0.4 is 16.0 Å². The van der Waals surface area contributed by atoms with Gasteiger partial charge < -0.3 is 9.72 Å². The van der Waals surface area contributed by atoms with E-state index in [1.54, 1.807) is 42.5 Å². The highest BCUT2D eigenvalue weighted by molar-refractivity contribution is 9.10. The number of halogens is 1. The minimum absolute atomic E-state index is 0.268. The second-order valence-corrected chi connectivity index (χ2v) is 6.03. The van der Waals surface area contributed by atoms with Gasteiger partial charge in [0.05, 0.1) is 17.1 Å². The number of H-pyrrole nitrogens is 1. The van der Waals surface area contributed by atoms with Crippen molar-refractivity contribution in [3.8, 4) is 5.75 Å². The number of aromatic amines is 1. The Morgan fingerprint density at radius 2 is 2.00 bits per heavy atom. The second kappa shape index (κ2) is 6.86. The SMILES string of the molecule is CC(=O)Oc1ccc(Br)cc1C=Nn1c(=O)[nH]c2ccccc2c1=O. The lowest BCUT2D eigenvalue weighted by molar-refractivity contribution is -0.131. The molecule has 0 aliphatic rings. The minimum Gasteiger partial charge on any atom is -0.426 e. The first-order valence-electron chi connectivity index (χ1n) is 7.22. The van der Waals surface area contributed by atoms with Gasteiger partial charge in [-0.05, 0) is 30.3 Å². The van der Waals surface area contributed by atoms with Crippen LogP contribution in [0.15, 0.2) is 61.6 Å². The molecule has 1 heterocycles. The van der Waals surface area contributed by atoms with Crippen LogP contribution in [0.1, 0.15) is 12.5 Å². The molecule has 0 saturated heterocycles. The van der Waals surface area contributed by atoms with Crippen molar-refractivity contribution in [2.75, 3.05) is 0 Å². The molecule has 0 atom stereocenters. The average Bonchev–Trinajstić information content (AvgIpc) is 2.56. The fraction of sp³-hybridized carbons (Fsp3) is 0.0588. The Kier molecular flexibility index (Phi) is 4.62. The number of aromatic nitrogens is 2. The summed E-state index contributed by atoms with van der Waals surface area (Å²) in [6.07, 6.45) is 1.29. The van der Waals surface area contributed by atoms with Crippen LogP contribution >= 0.6 is 15.9 Å². The first-order chi connectivity index (χ1) is 12.0. The van der Waals surface area contributed by atoms with E-state index in [0.29, 0.717) is 16.5 Å². The number of carbonyl (C=O) groups excluding carboxylic acids is 1. The average molecular weight is 402 g/mol. The monoisotopic (exact) mass is 401 g/mol. The first-order valence-corrected chi connectivity index (χ1v) is 8.01. The summed E-state index contributed by atoms with van der Waals surface area (Å²) in [4.78, 5) is 38.3. The lowest BCUT2D eigenvalue weighted by Gasteiger charge is -2.06. The number of benzene rings is 2. The third kappa shape index (κ3) is 3.58. The summed E-state index contributed by atoms with van der Waals surface area (Å²) in [5, 5.41) is 4.30. The van der Waals surface area contributed by atoms with Crippen LogP contribution in [-0.2, 0) is 4.79 Å². The zero-order valence-electron chi connectivity index (χ0n) is 13.0. The van der Waals surface area contributed by atoms with Crippen molar-refractivity contribution < 1.29 is 9.53 Å². The summed E-state index contributed by atoms with van der Waals surface area (Å²) in [6.45, 7) is 1.28. The predicted molar refractivity (Wildman–Crippen MR) is 97.3 cm³/mol. The van der Waals surface area contributed by atoms with Gasteiger partial charge in [-0.3, -0.25) is 9.59 Å². The Balaban J connectivity index is 2.10. The van der Waals surface area contributed by atoms with E-state index >= 15 is 0 Å². The Morgan fingerprint density at radius 1 is 1.24 bits per heavy atom. The molecule has 0 spiro atoms. The highest BCUT2D eigenvalue weighted by Crippen LogP contribution is 2.22. The van der Waals surface area contributed by atoms with E-state index in [0.717, 1.165) is 9.15 Å². The maximum Gasteiger partial charge on any atom is 0.349 e. The van der Waals surface area contributed by atoms with E-state index in [9.17, 15) is 14.4 Å². The maximum atomic E-state index is 12.4. The summed E-state index contributed by atoms with van der Waals surface area (Å²) >= 11 is 3.31. The number of esters is 1. The number of rotatable bonds is 3. The van der Waals surface area contributed by atoms with Gasteiger partial charge in [-0.25, -0.2) is 4.79 Å². The van der Waals surface area contributed by atoms with Gasteiger partial charge in [0.1, 0.15) is 5.75 Å². The van der Waals surface area contributed by atoms with Crippen molar-refractivity contribution >= 4 is 39.0 Å². The van der Waals surface area contributed by atoms with Crippen LogP contribution in [-0.4, -0.2) is 21.8 Å². The summed E-state index contributed by atoms with van der Waals surface area (Å²) in [6, 6.07) is 11.6. The Morgan fingerprint density at radius 3 is 2.76 bits per heavy atom. The smallest absolute Gasteiger partial charge is 0.349 e. The maximum absolute atomic E-state index is 12.4. The van der Waals surface area contributed by atoms with E-state index in [1.807, 2.05) is 0 Å². The molecule has 0 bridgehead atoms. The quantitative estimate of drug-likeness (QED) is 0.413. The van der Waals surface area contributed by atoms with Gasteiger partial charge in [0.2, 0.25) is 0 Å². The molecule has 1 N–H and O–H groups in total. The van der Waals surface area contributed by atoms with Gasteiger partial charge >= 0.3 is 11.7 Å². The molecule has 3 aromatic rings. The zero-order valence-corrected chi connectivity index (χ0v) is 14.6.